The average molecular weight is 603 g/mol. The molecular formula is C35H22O10. The third-order valence-electron chi connectivity index (χ3n) is 6.25. The molecule has 0 aliphatic rings. The van der Waals surface area contributed by atoms with E-state index < -0.39 is 29.8 Å². The molecule has 0 atom stereocenters. The van der Waals surface area contributed by atoms with Crippen LogP contribution in [-0.4, -0.2) is 35.0 Å². The second-order valence-electron chi connectivity index (χ2n) is 9.22. The quantitative estimate of drug-likeness (QED) is 0.127. The predicted octanol–water partition coefficient (Wildman–Crippen LogP) is 6.05. The summed E-state index contributed by atoms with van der Waals surface area (Å²) in [6, 6.07) is 30.8. The summed E-state index contributed by atoms with van der Waals surface area (Å²) in [5, 5.41) is 9.98. The Bertz CT molecular complexity index is 1910. The lowest BCUT2D eigenvalue weighted by Gasteiger charge is -2.13. The molecule has 5 aromatic rings. The van der Waals surface area contributed by atoms with Gasteiger partial charge in [0.2, 0.25) is 0 Å². The zero-order chi connectivity index (χ0) is 31.8. The number of phenols is 1. The molecule has 0 amide bonds. The molecule has 0 heterocycles. The van der Waals surface area contributed by atoms with E-state index in [0.29, 0.717) is 0 Å². The third kappa shape index (κ3) is 7.09. The minimum atomic E-state index is -1.04. The van der Waals surface area contributed by atoms with E-state index in [-0.39, 0.29) is 50.8 Å². The highest BCUT2D eigenvalue weighted by molar-refractivity contribution is 6.05. The number of ether oxygens (including phenoxy) is 4. The summed E-state index contributed by atoms with van der Waals surface area (Å²) in [5.41, 5.74) is -0.448. The maximum Gasteiger partial charge on any atom is 0.349 e. The Balaban J connectivity index is 1.33. The van der Waals surface area contributed by atoms with Crippen molar-refractivity contribution in [1.29, 1.82) is 0 Å². The van der Waals surface area contributed by atoms with Crippen LogP contribution in [0.1, 0.15) is 51.8 Å². The molecule has 5 aromatic carbocycles. The Morgan fingerprint density at radius 2 is 0.733 bits per heavy atom. The first-order chi connectivity index (χ1) is 21.8. The minimum absolute atomic E-state index is 0.109. The number of hydrogen-bond acceptors (Lipinski definition) is 10. The number of para-hydroxylation sites is 4. The zero-order valence-electron chi connectivity index (χ0n) is 23.2. The topological polar surface area (TPSA) is 143 Å². The van der Waals surface area contributed by atoms with E-state index in [9.17, 15) is 29.1 Å². The second kappa shape index (κ2) is 13.6. The first-order valence-electron chi connectivity index (χ1n) is 13.3. The van der Waals surface area contributed by atoms with Gasteiger partial charge in [0.1, 0.15) is 45.3 Å². The normalized spacial score (nSPS) is 10.3. The van der Waals surface area contributed by atoms with Gasteiger partial charge in [-0.05, 0) is 60.7 Å². The highest BCUT2D eigenvalue weighted by atomic mass is 16.6. The molecule has 0 saturated heterocycles. The van der Waals surface area contributed by atoms with Gasteiger partial charge in [-0.2, -0.15) is 0 Å². The van der Waals surface area contributed by atoms with Crippen LogP contribution in [0.2, 0.25) is 0 Å². The van der Waals surface area contributed by atoms with Gasteiger partial charge >= 0.3 is 29.8 Å². The van der Waals surface area contributed by atoms with E-state index in [1.807, 2.05) is 0 Å². The first-order valence-corrected chi connectivity index (χ1v) is 13.3. The van der Waals surface area contributed by atoms with Gasteiger partial charge in [-0.25, -0.2) is 24.0 Å². The number of carbonyl (C=O) groups excluding carboxylic acids is 5. The fourth-order valence-corrected chi connectivity index (χ4v) is 4.06. The van der Waals surface area contributed by atoms with Crippen molar-refractivity contribution in [2.45, 2.75) is 0 Å². The average Bonchev–Trinajstić information content (AvgIpc) is 3.06. The molecule has 0 unspecified atom stereocenters. The molecule has 10 heteroatoms. The van der Waals surface area contributed by atoms with Crippen molar-refractivity contribution in [3.05, 3.63) is 155 Å². The molecule has 5 rings (SSSR count). The molecule has 0 spiro atoms. The lowest BCUT2D eigenvalue weighted by molar-refractivity contribution is 0.0395. The molecule has 45 heavy (non-hydrogen) atoms. The Hall–Kier alpha value is -6.55. The number of rotatable bonds is 8. The summed E-state index contributed by atoms with van der Waals surface area (Å²) in [7, 11) is 0. The number of hydrogen-bond donors (Lipinski definition) is 1. The van der Waals surface area contributed by atoms with Crippen LogP contribution < -0.4 is 14.2 Å². The molecule has 0 radical (unpaired) electrons. The van der Waals surface area contributed by atoms with E-state index in [1.54, 1.807) is 18.2 Å². The predicted molar refractivity (Wildman–Crippen MR) is 158 cm³/mol. The first kappa shape index (κ1) is 29.9. The maximum atomic E-state index is 13.2. The Labute approximate surface area is 256 Å². The van der Waals surface area contributed by atoms with Crippen molar-refractivity contribution in [1.82, 2.24) is 0 Å². The van der Waals surface area contributed by atoms with Crippen LogP contribution in [0, 0.1) is 0 Å². The molecule has 0 saturated carbocycles. The van der Waals surface area contributed by atoms with Crippen molar-refractivity contribution in [3.8, 4) is 23.0 Å². The molecule has 0 aromatic heterocycles. The summed E-state index contributed by atoms with van der Waals surface area (Å²) in [6.45, 7) is 0. The Morgan fingerprint density at radius 3 is 1.20 bits per heavy atom. The van der Waals surface area contributed by atoms with Gasteiger partial charge < -0.3 is 24.1 Å². The van der Waals surface area contributed by atoms with Gasteiger partial charge in [0.05, 0.1) is 5.56 Å². The molecule has 1 N–H and O–H groups in total. The third-order valence-corrected chi connectivity index (χ3v) is 6.25. The van der Waals surface area contributed by atoms with Crippen molar-refractivity contribution < 1.29 is 48.0 Å². The summed E-state index contributed by atoms with van der Waals surface area (Å²) in [6.07, 6.45) is 0. The monoisotopic (exact) mass is 602 g/mol. The van der Waals surface area contributed by atoms with Crippen LogP contribution in [0.25, 0.3) is 0 Å². The molecule has 0 fully saturated rings. The number of benzene rings is 5. The van der Waals surface area contributed by atoms with Crippen LogP contribution in [0.5, 0.6) is 23.0 Å². The molecule has 10 nitrogen and oxygen atoms in total. The maximum absolute atomic E-state index is 13.2. The van der Waals surface area contributed by atoms with E-state index >= 15 is 0 Å². The highest BCUT2D eigenvalue weighted by Gasteiger charge is 2.24. The van der Waals surface area contributed by atoms with Crippen molar-refractivity contribution in [3.63, 3.8) is 0 Å². The number of phenolic OH excluding ortho intramolecular Hbond substituents is 1. The molecule has 0 aliphatic heterocycles. The van der Waals surface area contributed by atoms with Gasteiger partial charge in [-0.15, -0.1) is 0 Å². The zero-order valence-corrected chi connectivity index (χ0v) is 23.2. The fraction of sp³-hybridized carbons (Fsp3) is 0. The van der Waals surface area contributed by atoms with Gasteiger partial charge in [0.15, 0.2) is 0 Å². The largest absolute Gasteiger partial charge is 0.507 e. The van der Waals surface area contributed by atoms with Crippen molar-refractivity contribution >= 4 is 29.8 Å². The molecule has 222 valence electrons. The summed E-state index contributed by atoms with van der Waals surface area (Å²) < 4.78 is 21.3. The smallest absolute Gasteiger partial charge is 0.349 e. The fourth-order valence-electron chi connectivity index (χ4n) is 4.06. The Morgan fingerprint density at radius 1 is 0.378 bits per heavy atom. The number of carbonyl (C=O) groups is 5. The van der Waals surface area contributed by atoms with Gasteiger partial charge in [-0.1, -0.05) is 66.7 Å². The lowest BCUT2D eigenvalue weighted by Crippen LogP contribution is -2.18. The SMILES string of the molecule is O=C(OC(=O)c1ccccc1OC(=O)c1ccccc1OC(=O)c1ccccc1OC(=O)c1ccccc1O)c1ccccc1. The van der Waals surface area contributed by atoms with Crippen LogP contribution in [-0.2, 0) is 4.74 Å². The molecule has 0 bridgehead atoms. The van der Waals surface area contributed by atoms with E-state index in [1.165, 1.54) is 109 Å². The van der Waals surface area contributed by atoms with Crippen LogP contribution in [0.3, 0.4) is 0 Å². The van der Waals surface area contributed by atoms with Crippen molar-refractivity contribution in [2.75, 3.05) is 0 Å². The van der Waals surface area contributed by atoms with Crippen LogP contribution >= 0.6 is 0 Å². The number of aromatic hydroxyl groups is 1. The van der Waals surface area contributed by atoms with Gasteiger partial charge in [-0.3, -0.25) is 0 Å². The highest BCUT2D eigenvalue weighted by Crippen LogP contribution is 2.27. The molecule has 0 aliphatic carbocycles. The van der Waals surface area contributed by atoms with Crippen LogP contribution in [0.4, 0.5) is 0 Å². The number of esters is 5. The van der Waals surface area contributed by atoms with Gasteiger partial charge in [0, 0.05) is 0 Å². The van der Waals surface area contributed by atoms with E-state index in [2.05, 4.69) is 0 Å². The van der Waals surface area contributed by atoms with Crippen LogP contribution in [0.15, 0.2) is 127 Å². The minimum Gasteiger partial charge on any atom is -0.507 e. The summed E-state index contributed by atoms with van der Waals surface area (Å²) >= 11 is 0. The van der Waals surface area contributed by atoms with E-state index in [4.69, 9.17) is 18.9 Å². The van der Waals surface area contributed by atoms with E-state index in [0.717, 1.165) is 0 Å². The summed E-state index contributed by atoms with van der Waals surface area (Å²) in [4.78, 5) is 64.3. The standard InChI is InChI=1S/C35H22O10/c36-27-18-8-4-14-23(27)32(38)42-28-19-9-5-15-24(28)33(39)43-29-20-10-6-16-25(29)34(40)44-30-21-11-7-17-26(30)35(41)45-31(37)22-12-2-1-3-13-22/h1-21,36H. The lowest BCUT2D eigenvalue weighted by atomic mass is 10.1. The second-order valence-corrected chi connectivity index (χ2v) is 9.22. The van der Waals surface area contributed by atoms with Gasteiger partial charge in [0.25, 0.3) is 0 Å². The summed E-state index contributed by atoms with van der Waals surface area (Å²) in [5.74, 6) is -5.59. The van der Waals surface area contributed by atoms with Crippen molar-refractivity contribution in [2.24, 2.45) is 0 Å². The Kier molecular flexibility index (Phi) is 9.05. The molecular weight excluding hydrogens is 580 g/mol.